The minimum Gasteiger partial charge on any atom is -0.456 e. The third kappa shape index (κ3) is 6.85. The van der Waals surface area contributed by atoms with E-state index in [0.29, 0.717) is 5.56 Å². The summed E-state index contributed by atoms with van der Waals surface area (Å²) in [6, 6.07) is 23.2. The van der Waals surface area contributed by atoms with Crippen LogP contribution in [0.1, 0.15) is 79.8 Å². The van der Waals surface area contributed by atoms with Crippen LogP contribution in [0.3, 0.4) is 0 Å². The zero-order valence-electron chi connectivity index (χ0n) is 33.5. The molecule has 1 aliphatic heterocycles. The van der Waals surface area contributed by atoms with Gasteiger partial charge in [0.05, 0.1) is 36.3 Å². The lowest BCUT2D eigenvalue weighted by atomic mass is 9.44. The number of fused-ring (bicyclic) bond motifs is 5. The van der Waals surface area contributed by atoms with Crippen LogP contribution in [0.15, 0.2) is 102 Å². The van der Waals surface area contributed by atoms with Gasteiger partial charge in [0.2, 0.25) is 0 Å². The van der Waals surface area contributed by atoms with Gasteiger partial charge < -0.3 is 49.8 Å². The van der Waals surface area contributed by atoms with E-state index in [1.54, 1.807) is 99.6 Å². The summed E-state index contributed by atoms with van der Waals surface area (Å²) < 4.78 is 24.3. The topological polar surface area (TPSA) is 218 Å². The molecule has 314 valence electrons. The molecule has 7 rings (SSSR count). The van der Waals surface area contributed by atoms with Crippen LogP contribution < -0.4 is 5.32 Å². The van der Waals surface area contributed by atoms with Crippen LogP contribution in [0.25, 0.3) is 0 Å². The number of aliphatic hydroxyl groups excluding tert-OH is 4. The molecule has 0 spiro atoms. The molecule has 0 aromatic heterocycles. The van der Waals surface area contributed by atoms with Crippen LogP contribution in [-0.2, 0) is 28.5 Å². The molecule has 6 N–H and O–H groups in total. The molecule has 1 heterocycles. The Morgan fingerprint density at radius 2 is 1.42 bits per heavy atom. The first kappa shape index (κ1) is 42.2. The molecule has 14 nitrogen and oxygen atoms in total. The average molecular weight is 814 g/mol. The molecule has 1 saturated heterocycles. The number of nitrogens with one attached hydrogen (secondary N) is 1. The van der Waals surface area contributed by atoms with Gasteiger partial charge in [-0.2, -0.15) is 0 Å². The van der Waals surface area contributed by atoms with Crippen LogP contribution in [0.2, 0.25) is 0 Å². The lowest BCUT2D eigenvalue weighted by Gasteiger charge is -2.69. The molecule has 14 heteroatoms. The van der Waals surface area contributed by atoms with Gasteiger partial charge in [-0.3, -0.25) is 9.59 Å². The minimum absolute atomic E-state index is 0.0455. The van der Waals surface area contributed by atoms with Crippen LogP contribution in [-0.4, -0.2) is 110 Å². The molecule has 59 heavy (non-hydrogen) atoms. The molecule has 3 fully saturated rings. The maximum absolute atomic E-state index is 14.2. The number of carbonyl (C=O) groups is 4. The number of rotatable bonds is 9. The Morgan fingerprint density at radius 1 is 0.847 bits per heavy atom. The highest BCUT2D eigenvalue weighted by atomic mass is 16.6. The number of hydrogen-bond acceptors (Lipinski definition) is 13. The minimum atomic E-state index is -2.31. The molecule has 2 saturated carbocycles. The van der Waals surface area contributed by atoms with Gasteiger partial charge in [0, 0.05) is 36.2 Å². The molecular formula is C45H51NO13. The zero-order valence-corrected chi connectivity index (χ0v) is 33.5. The summed E-state index contributed by atoms with van der Waals surface area (Å²) in [6.45, 7) is 7.18. The first-order valence-electron chi connectivity index (χ1n) is 19.7. The quantitative estimate of drug-likeness (QED) is 0.104. The van der Waals surface area contributed by atoms with Crippen molar-refractivity contribution < 1.29 is 63.7 Å². The highest BCUT2D eigenvalue weighted by molar-refractivity contribution is 5.95. The molecule has 12 atom stereocenters. The Balaban J connectivity index is 1.34. The fraction of sp³-hybridized carbons (Fsp3) is 0.467. The number of hydrogen-bond donors (Lipinski definition) is 6. The van der Waals surface area contributed by atoms with E-state index < -0.39 is 107 Å². The largest absolute Gasteiger partial charge is 0.456 e. The van der Waals surface area contributed by atoms with E-state index in [9.17, 15) is 44.7 Å². The Kier molecular flexibility index (Phi) is 11.1. The second-order valence-electron chi connectivity index (χ2n) is 17.0. The van der Waals surface area contributed by atoms with Crippen molar-refractivity contribution in [3.63, 3.8) is 0 Å². The summed E-state index contributed by atoms with van der Waals surface area (Å²) in [6.07, 6.45) is -11.8. The second kappa shape index (κ2) is 15.6. The fourth-order valence-electron chi connectivity index (χ4n) is 10.2. The molecule has 3 aliphatic carbocycles. The van der Waals surface area contributed by atoms with E-state index in [1.807, 2.05) is 0 Å². The lowest BCUT2D eigenvalue weighted by Crippen LogP contribution is -2.82. The van der Waals surface area contributed by atoms with E-state index in [0.717, 1.165) is 0 Å². The van der Waals surface area contributed by atoms with Gasteiger partial charge in [0.1, 0.15) is 30.0 Å². The van der Waals surface area contributed by atoms with Gasteiger partial charge in [-0.05, 0) is 47.9 Å². The first-order valence-corrected chi connectivity index (χ1v) is 19.7. The van der Waals surface area contributed by atoms with Crippen molar-refractivity contribution in [3.8, 4) is 0 Å². The summed E-state index contributed by atoms with van der Waals surface area (Å²) in [5.41, 5.74) is -6.30. The molecule has 0 unspecified atom stereocenters. The number of benzene rings is 3. The normalized spacial score (nSPS) is 34.2. The fourth-order valence-corrected chi connectivity index (χ4v) is 10.2. The first-order chi connectivity index (χ1) is 27.9. The molecule has 4 aliphatic rings. The number of carbonyl (C=O) groups excluding carboxylic acids is 4. The van der Waals surface area contributed by atoms with E-state index >= 15 is 0 Å². The van der Waals surface area contributed by atoms with Crippen molar-refractivity contribution in [2.24, 2.45) is 16.7 Å². The van der Waals surface area contributed by atoms with Gasteiger partial charge >= 0.3 is 17.9 Å². The third-order valence-corrected chi connectivity index (χ3v) is 13.4. The van der Waals surface area contributed by atoms with E-state index in [1.165, 1.54) is 26.0 Å². The maximum Gasteiger partial charge on any atom is 0.338 e. The Morgan fingerprint density at radius 3 is 1.98 bits per heavy atom. The average Bonchev–Trinajstić information content (AvgIpc) is 3.21. The number of esters is 3. The van der Waals surface area contributed by atoms with Gasteiger partial charge in [0.25, 0.3) is 5.91 Å². The van der Waals surface area contributed by atoms with Crippen molar-refractivity contribution in [2.75, 3.05) is 6.61 Å². The highest BCUT2D eigenvalue weighted by Crippen LogP contribution is 2.65. The summed E-state index contributed by atoms with van der Waals surface area (Å²) in [5.74, 6) is -4.80. The summed E-state index contributed by atoms with van der Waals surface area (Å²) in [5, 5.41) is 64.5. The number of aliphatic hydroxyl groups is 5. The second-order valence-corrected chi connectivity index (χ2v) is 17.0. The number of ether oxygens (including phenoxy) is 4. The van der Waals surface area contributed by atoms with E-state index in [4.69, 9.17) is 18.9 Å². The van der Waals surface area contributed by atoms with Gasteiger partial charge in [-0.15, -0.1) is 0 Å². The third-order valence-electron chi connectivity index (χ3n) is 13.4. The standard InChI is InChI=1S/C45H51NO13/c1-24-29(57-41(54)35(50)33(26-15-9-6-10-16-26)46-39(52)27-17-11-7-12-18-27)22-45(55)38(58-40(53)28-19-13-8-14-20-28)36-43(5,37(51)34(49)32(24)42(45,3)4)30(48)21-31-44(36,23-56-31)59-25(2)47/h6-20,29-31,33-38,48-51,55H,21-23H2,1-5H3,(H,46,52)/t29-,30-,31+,33-,34+,35+,36-,37-,38-,43+,44-,45+/m0/s1. The van der Waals surface area contributed by atoms with E-state index in [-0.39, 0.29) is 35.3 Å². The van der Waals surface area contributed by atoms with E-state index in [2.05, 4.69) is 5.32 Å². The van der Waals surface area contributed by atoms with Crippen LogP contribution in [0.4, 0.5) is 0 Å². The number of amides is 1. The predicted molar refractivity (Wildman–Crippen MR) is 209 cm³/mol. The summed E-state index contributed by atoms with van der Waals surface area (Å²) in [7, 11) is 0. The van der Waals surface area contributed by atoms with Gasteiger partial charge in [-0.25, -0.2) is 9.59 Å². The van der Waals surface area contributed by atoms with Crippen molar-refractivity contribution >= 4 is 23.8 Å². The van der Waals surface area contributed by atoms with Crippen LogP contribution >= 0.6 is 0 Å². The van der Waals surface area contributed by atoms with Gasteiger partial charge in [0.15, 0.2) is 11.7 Å². The monoisotopic (exact) mass is 813 g/mol. The summed E-state index contributed by atoms with van der Waals surface area (Å²) >= 11 is 0. The van der Waals surface area contributed by atoms with Crippen molar-refractivity contribution in [1.29, 1.82) is 0 Å². The van der Waals surface area contributed by atoms with Gasteiger partial charge in [-0.1, -0.05) is 87.5 Å². The molecule has 2 bridgehead atoms. The smallest absolute Gasteiger partial charge is 0.338 e. The van der Waals surface area contributed by atoms with Crippen molar-refractivity contribution in [1.82, 2.24) is 5.32 Å². The maximum atomic E-state index is 14.2. The zero-order chi connectivity index (χ0) is 42.7. The van der Waals surface area contributed by atoms with Crippen molar-refractivity contribution in [2.45, 2.75) is 107 Å². The molecular weight excluding hydrogens is 762 g/mol. The van der Waals surface area contributed by atoms with Crippen molar-refractivity contribution in [3.05, 3.63) is 119 Å². The summed E-state index contributed by atoms with van der Waals surface area (Å²) in [4.78, 5) is 54.6. The van der Waals surface area contributed by atoms with Crippen LogP contribution in [0.5, 0.6) is 0 Å². The molecule has 1 amide bonds. The SMILES string of the molecule is CC(=O)O[C@@]12CO[C@@H]1C[C@H](O)[C@]1(C)[C@@H]2[C@H](OC(=O)c2ccccc2)[C@]2(O)C[C@H](OC(=O)[C@H](O)[C@@H](NC(=O)c3ccccc3)c3ccccc3)C(C)=C([C@@H](O)[C@@H]1O)C2(C)C. The molecule has 3 aromatic carbocycles. The molecule has 0 radical (unpaired) electrons. The Bertz CT molecular complexity index is 2110. The highest BCUT2D eigenvalue weighted by Gasteiger charge is 2.77. The Labute approximate surface area is 341 Å². The lowest BCUT2D eigenvalue weighted by molar-refractivity contribution is -0.365. The molecule has 3 aromatic rings. The Hall–Kier alpha value is -4.96. The van der Waals surface area contributed by atoms with Crippen LogP contribution in [0, 0.1) is 16.7 Å². The predicted octanol–water partition coefficient (Wildman–Crippen LogP) is 2.96.